The van der Waals surface area contributed by atoms with Gasteiger partial charge in [-0.25, -0.2) is 5.43 Å². The lowest BCUT2D eigenvalue weighted by atomic mass is 10.2. The van der Waals surface area contributed by atoms with Crippen molar-refractivity contribution in [2.75, 3.05) is 7.11 Å². The molecule has 0 aliphatic carbocycles. The molecule has 6 nitrogen and oxygen atoms in total. The largest absolute Gasteiger partial charge is 0.496 e. The van der Waals surface area contributed by atoms with Crippen LogP contribution in [-0.2, 0) is 16.1 Å². The van der Waals surface area contributed by atoms with E-state index in [2.05, 4.69) is 31.8 Å². The van der Waals surface area contributed by atoms with Crippen LogP contribution in [0.3, 0.4) is 0 Å². The molecule has 2 aromatic rings. The lowest BCUT2D eigenvalue weighted by Gasteiger charge is -2.04. The van der Waals surface area contributed by atoms with Crippen molar-refractivity contribution in [1.82, 2.24) is 10.7 Å². The monoisotopic (exact) mass is 389 g/mol. The molecule has 0 spiro atoms. The van der Waals surface area contributed by atoms with Crippen LogP contribution in [0.5, 0.6) is 5.75 Å². The number of hydrogen-bond donors (Lipinski definition) is 2. The van der Waals surface area contributed by atoms with E-state index >= 15 is 0 Å². The van der Waals surface area contributed by atoms with Gasteiger partial charge in [0, 0.05) is 6.54 Å². The van der Waals surface area contributed by atoms with Gasteiger partial charge in [-0.05, 0) is 45.3 Å². The van der Waals surface area contributed by atoms with Gasteiger partial charge in [0.05, 0.1) is 17.8 Å². The van der Waals surface area contributed by atoms with Crippen LogP contribution < -0.4 is 15.5 Å². The third-order valence-corrected chi connectivity index (χ3v) is 3.68. The predicted octanol–water partition coefficient (Wildman–Crippen LogP) is 2.22. The number of hydrazone groups is 1. The smallest absolute Gasteiger partial charge is 0.329 e. The molecule has 0 bridgehead atoms. The van der Waals surface area contributed by atoms with Crippen molar-refractivity contribution >= 4 is 34.0 Å². The van der Waals surface area contributed by atoms with Crippen LogP contribution in [0.4, 0.5) is 0 Å². The lowest BCUT2D eigenvalue weighted by Crippen LogP contribution is -2.37. The molecule has 2 amide bonds. The number of halogens is 1. The average Bonchev–Trinajstić information content (AvgIpc) is 2.60. The Morgan fingerprint density at radius 2 is 1.92 bits per heavy atom. The molecular weight excluding hydrogens is 374 g/mol. The van der Waals surface area contributed by atoms with Gasteiger partial charge in [-0.2, -0.15) is 5.10 Å². The summed E-state index contributed by atoms with van der Waals surface area (Å²) in [5.74, 6) is -0.877. The first kappa shape index (κ1) is 17.7. The van der Waals surface area contributed by atoms with E-state index < -0.39 is 11.8 Å². The summed E-state index contributed by atoms with van der Waals surface area (Å²) >= 11 is 3.36. The van der Waals surface area contributed by atoms with Crippen molar-refractivity contribution in [3.8, 4) is 5.75 Å². The minimum absolute atomic E-state index is 0.280. The Labute approximate surface area is 148 Å². The number of nitrogens with one attached hydrogen (secondary N) is 2. The summed E-state index contributed by atoms with van der Waals surface area (Å²) in [4.78, 5) is 23.3. The molecule has 0 saturated heterocycles. The SMILES string of the molecule is COc1ccc(/C=N\NC(=O)C(=O)NCc2ccccc2)cc1Br. The minimum Gasteiger partial charge on any atom is -0.496 e. The molecule has 0 fully saturated rings. The van der Waals surface area contributed by atoms with Crippen molar-refractivity contribution in [3.05, 3.63) is 64.1 Å². The lowest BCUT2D eigenvalue weighted by molar-refractivity contribution is -0.139. The maximum absolute atomic E-state index is 11.7. The van der Waals surface area contributed by atoms with E-state index in [1.807, 2.05) is 30.3 Å². The molecule has 2 N–H and O–H groups in total. The number of carbonyl (C=O) groups excluding carboxylic acids is 2. The fourth-order valence-electron chi connectivity index (χ4n) is 1.84. The Morgan fingerprint density at radius 1 is 1.17 bits per heavy atom. The van der Waals surface area contributed by atoms with Crippen LogP contribution in [0.15, 0.2) is 58.1 Å². The highest BCUT2D eigenvalue weighted by molar-refractivity contribution is 9.10. The molecule has 0 aliphatic rings. The molecular formula is C17H16BrN3O3. The van der Waals surface area contributed by atoms with E-state index in [1.165, 1.54) is 6.21 Å². The Kier molecular flexibility index (Phi) is 6.51. The molecule has 0 radical (unpaired) electrons. The van der Waals surface area contributed by atoms with Gasteiger partial charge in [-0.3, -0.25) is 9.59 Å². The van der Waals surface area contributed by atoms with E-state index in [1.54, 1.807) is 25.3 Å². The second kappa shape index (κ2) is 8.83. The van der Waals surface area contributed by atoms with Gasteiger partial charge >= 0.3 is 11.8 Å². The number of carbonyl (C=O) groups is 2. The molecule has 2 rings (SSSR count). The van der Waals surface area contributed by atoms with Gasteiger partial charge in [-0.1, -0.05) is 30.3 Å². The molecule has 24 heavy (non-hydrogen) atoms. The van der Waals surface area contributed by atoms with E-state index in [0.29, 0.717) is 5.75 Å². The molecule has 0 heterocycles. The minimum atomic E-state index is -0.824. The van der Waals surface area contributed by atoms with Gasteiger partial charge in [-0.15, -0.1) is 0 Å². The van der Waals surface area contributed by atoms with Crippen LogP contribution >= 0.6 is 15.9 Å². The zero-order chi connectivity index (χ0) is 17.4. The van der Waals surface area contributed by atoms with Crippen LogP contribution in [0.1, 0.15) is 11.1 Å². The zero-order valence-corrected chi connectivity index (χ0v) is 14.5. The molecule has 2 aromatic carbocycles. The highest BCUT2D eigenvalue weighted by atomic mass is 79.9. The van der Waals surface area contributed by atoms with E-state index in [4.69, 9.17) is 4.74 Å². The first-order valence-corrected chi connectivity index (χ1v) is 7.88. The van der Waals surface area contributed by atoms with Gasteiger partial charge in [0.1, 0.15) is 5.75 Å². The van der Waals surface area contributed by atoms with Crippen LogP contribution in [-0.4, -0.2) is 25.1 Å². The van der Waals surface area contributed by atoms with Crippen molar-refractivity contribution in [2.24, 2.45) is 5.10 Å². The van der Waals surface area contributed by atoms with Crippen LogP contribution in [0.25, 0.3) is 0 Å². The van der Waals surface area contributed by atoms with Crippen molar-refractivity contribution in [3.63, 3.8) is 0 Å². The molecule has 0 aromatic heterocycles. The van der Waals surface area contributed by atoms with E-state index in [-0.39, 0.29) is 6.54 Å². The van der Waals surface area contributed by atoms with Gasteiger partial charge in [0.2, 0.25) is 0 Å². The van der Waals surface area contributed by atoms with E-state index in [0.717, 1.165) is 15.6 Å². The Morgan fingerprint density at radius 3 is 2.58 bits per heavy atom. The summed E-state index contributed by atoms with van der Waals surface area (Å²) in [6.45, 7) is 0.280. The van der Waals surface area contributed by atoms with E-state index in [9.17, 15) is 9.59 Å². The van der Waals surface area contributed by atoms with Gasteiger partial charge in [0.25, 0.3) is 0 Å². The standard InChI is InChI=1S/C17H16BrN3O3/c1-24-15-8-7-13(9-14(15)18)11-20-21-17(23)16(22)19-10-12-5-3-2-4-6-12/h2-9,11H,10H2,1H3,(H,19,22)(H,21,23)/b20-11-. The highest BCUT2D eigenvalue weighted by Gasteiger charge is 2.11. The Bertz CT molecular complexity index is 748. The number of nitrogens with zero attached hydrogens (tertiary/aromatic N) is 1. The van der Waals surface area contributed by atoms with Crippen LogP contribution in [0.2, 0.25) is 0 Å². The molecule has 7 heteroatoms. The summed E-state index contributed by atoms with van der Waals surface area (Å²) in [6, 6.07) is 14.6. The third-order valence-electron chi connectivity index (χ3n) is 3.06. The number of methoxy groups -OCH3 is 1. The summed E-state index contributed by atoms with van der Waals surface area (Å²) in [5.41, 5.74) is 3.84. The molecule has 0 atom stereocenters. The quantitative estimate of drug-likeness (QED) is 0.467. The number of rotatable bonds is 5. The summed E-state index contributed by atoms with van der Waals surface area (Å²) in [5, 5.41) is 6.29. The molecule has 0 unspecified atom stereocenters. The fraction of sp³-hybridized carbons (Fsp3) is 0.118. The zero-order valence-electron chi connectivity index (χ0n) is 13.0. The van der Waals surface area contributed by atoms with Gasteiger partial charge in [0.15, 0.2) is 0 Å². The maximum atomic E-state index is 11.7. The summed E-state index contributed by atoms with van der Waals surface area (Å²) in [6.07, 6.45) is 1.44. The van der Waals surface area contributed by atoms with Crippen molar-refractivity contribution in [2.45, 2.75) is 6.54 Å². The second-order valence-corrected chi connectivity index (χ2v) is 5.62. The average molecular weight is 390 g/mol. The molecule has 0 aliphatic heterocycles. The fourth-order valence-corrected chi connectivity index (χ4v) is 2.40. The second-order valence-electron chi connectivity index (χ2n) is 4.76. The Balaban J connectivity index is 1.83. The molecule has 0 saturated carbocycles. The van der Waals surface area contributed by atoms with Crippen molar-refractivity contribution < 1.29 is 14.3 Å². The third kappa shape index (κ3) is 5.20. The van der Waals surface area contributed by atoms with Crippen molar-refractivity contribution in [1.29, 1.82) is 0 Å². The Hall–Kier alpha value is -2.67. The first-order valence-electron chi connectivity index (χ1n) is 7.09. The number of ether oxygens (including phenoxy) is 1. The molecule has 124 valence electrons. The summed E-state index contributed by atoms with van der Waals surface area (Å²) in [7, 11) is 1.57. The number of hydrogen-bond acceptors (Lipinski definition) is 4. The summed E-state index contributed by atoms with van der Waals surface area (Å²) < 4.78 is 5.89. The first-order chi connectivity index (χ1) is 11.6. The predicted molar refractivity (Wildman–Crippen MR) is 94.7 cm³/mol. The number of amides is 2. The maximum Gasteiger partial charge on any atom is 0.329 e. The highest BCUT2D eigenvalue weighted by Crippen LogP contribution is 2.24. The number of benzene rings is 2. The normalized spacial score (nSPS) is 10.4. The van der Waals surface area contributed by atoms with Crippen LogP contribution in [0, 0.1) is 0 Å². The topological polar surface area (TPSA) is 79.8 Å². The van der Waals surface area contributed by atoms with Gasteiger partial charge < -0.3 is 10.1 Å².